The first-order valence-electron chi connectivity index (χ1n) is 9.51. The average Bonchev–Trinajstić information content (AvgIpc) is 3.23. The fourth-order valence-corrected chi connectivity index (χ4v) is 4.07. The van der Waals surface area contributed by atoms with Crippen LogP contribution < -0.4 is 0 Å². The van der Waals surface area contributed by atoms with Crippen molar-refractivity contribution in [3.63, 3.8) is 0 Å². The van der Waals surface area contributed by atoms with Crippen LogP contribution in [-0.4, -0.2) is 34.7 Å². The smallest absolute Gasteiger partial charge is 0.244 e. The van der Waals surface area contributed by atoms with Gasteiger partial charge in [0.15, 0.2) is 0 Å². The van der Waals surface area contributed by atoms with E-state index >= 15 is 0 Å². The number of hydrogen-bond acceptors (Lipinski definition) is 5. The second-order valence-corrected chi connectivity index (χ2v) is 7.05. The summed E-state index contributed by atoms with van der Waals surface area (Å²) in [5, 5.41) is 4.37. The predicted octanol–water partition coefficient (Wildman–Crippen LogP) is 4.20. The molecule has 0 radical (unpaired) electrons. The monoisotopic (exact) mass is 321 g/mol. The molecule has 1 atom stereocenters. The third kappa shape index (κ3) is 3.61. The number of ether oxygens (including phenoxy) is 1. The van der Waals surface area contributed by atoms with Crippen molar-refractivity contribution in [3.05, 3.63) is 11.7 Å². The Hall–Kier alpha value is -0.940. The first kappa shape index (κ1) is 16.9. The maximum absolute atomic E-state index is 6.26. The highest BCUT2D eigenvalue weighted by atomic mass is 16.5. The molecular formula is C18H31N3O2. The molecule has 1 saturated heterocycles. The SMILES string of the molecule is CCCOC1(c2noc([C@@H]3CCCN3CCC)n2)CCCCC1. The molecule has 5 heteroatoms. The third-order valence-electron chi connectivity index (χ3n) is 5.25. The topological polar surface area (TPSA) is 51.4 Å². The molecular weight excluding hydrogens is 290 g/mol. The van der Waals surface area contributed by atoms with Crippen molar-refractivity contribution in [1.82, 2.24) is 15.0 Å². The van der Waals surface area contributed by atoms with E-state index in [1.54, 1.807) is 0 Å². The Morgan fingerprint density at radius 2 is 2.00 bits per heavy atom. The molecule has 1 aliphatic heterocycles. The zero-order valence-corrected chi connectivity index (χ0v) is 14.7. The fourth-order valence-electron chi connectivity index (χ4n) is 4.07. The van der Waals surface area contributed by atoms with Crippen molar-refractivity contribution >= 4 is 0 Å². The van der Waals surface area contributed by atoms with Crippen molar-refractivity contribution in [2.75, 3.05) is 19.7 Å². The number of likely N-dealkylation sites (tertiary alicyclic amines) is 1. The van der Waals surface area contributed by atoms with Crippen LogP contribution in [-0.2, 0) is 10.3 Å². The van der Waals surface area contributed by atoms with E-state index in [0.717, 1.165) is 57.1 Å². The summed E-state index contributed by atoms with van der Waals surface area (Å²) in [5.41, 5.74) is -0.301. The molecule has 2 fully saturated rings. The second kappa shape index (κ2) is 7.75. The van der Waals surface area contributed by atoms with Crippen LogP contribution in [0, 0.1) is 0 Å². The lowest BCUT2D eigenvalue weighted by Crippen LogP contribution is -2.34. The highest BCUT2D eigenvalue weighted by molar-refractivity contribution is 5.06. The Morgan fingerprint density at radius 3 is 2.74 bits per heavy atom. The first-order valence-corrected chi connectivity index (χ1v) is 9.51. The molecule has 2 aliphatic rings. The van der Waals surface area contributed by atoms with E-state index in [2.05, 4.69) is 23.9 Å². The van der Waals surface area contributed by atoms with Crippen LogP contribution in [0.1, 0.15) is 89.4 Å². The minimum atomic E-state index is -0.301. The third-order valence-corrected chi connectivity index (χ3v) is 5.25. The van der Waals surface area contributed by atoms with Crippen molar-refractivity contribution < 1.29 is 9.26 Å². The zero-order valence-electron chi connectivity index (χ0n) is 14.7. The van der Waals surface area contributed by atoms with Crippen molar-refractivity contribution in [1.29, 1.82) is 0 Å². The van der Waals surface area contributed by atoms with Crippen LogP contribution in [0.2, 0.25) is 0 Å². The van der Waals surface area contributed by atoms with Gasteiger partial charge in [-0.05, 0) is 51.6 Å². The van der Waals surface area contributed by atoms with E-state index in [1.165, 1.54) is 32.1 Å². The van der Waals surface area contributed by atoms with Crippen molar-refractivity contribution in [3.8, 4) is 0 Å². The van der Waals surface area contributed by atoms with E-state index in [4.69, 9.17) is 14.2 Å². The first-order chi connectivity index (χ1) is 11.3. The van der Waals surface area contributed by atoms with Gasteiger partial charge in [0, 0.05) is 6.61 Å². The van der Waals surface area contributed by atoms with Gasteiger partial charge in [-0.2, -0.15) is 4.98 Å². The van der Waals surface area contributed by atoms with Gasteiger partial charge in [0.05, 0.1) is 6.04 Å². The molecule has 1 aromatic rings. The molecule has 2 heterocycles. The van der Waals surface area contributed by atoms with Crippen LogP contribution in [0.15, 0.2) is 4.52 Å². The fraction of sp³-hybridized carbons (Fsp3) is 0.889. The van der Waals surface area contributed by atoms with Crippen LogP contribution in [0.4, 0.5) is 0 Å². The van der Waals surface area contributed by atoms with E-state index in [9.17, 15) is 0 Å². The summed E-state index contributed by atoms with van der Waals surface area (Å²) in [7, 11) is 0. The van der Waals surface area contributed by atoms with Gasteiger partial charge >= 0.3 is 0 Å². The highest BCUT2D eigenvalue weighted by Crippen LogP contribution is 2.40. The van der Waals surface area contributed by atoms with Crippen LogP contribution in [0.5, 0.6) is 0 Å². The van der Waals surface area contributed by atoms with Crippen molar-refractivity contribution in [2.45, 2.75) is 83.3 Å². The van der Waals surface area contributed by atoms with Gasteiger partial charge in [0.25, 0.3) is 0 Å². The normalized spacial score (nSPS) is 25.0. The van der Waals surface area contributed by atoms with Gasteiger partial charge in [-0.3, -0.25) is 4.90 Å². The van der Waals surface area contributed by atoms with Gasteiger partial charge < -0.3 is 9.26 Å². The Balaban J connectivity index is 1.78. The largest absolute Gasteiger partial charge is 0.367 e. The lowest BCUT2D eigenvalue weighted by Gasteiger charge is -2.34. The van der Waals surface area contributed by atoms with Gasteiger partial charge in [-0.15, -0.1) is 0 Å². The summed E-state index contributed by atoms with van der Waals surface area (Å²) in [6, 6.07) is 0.308. The standard InChI is InChI=1S/C18H31N3O2/c1-3-12-21-13-8-9-15(21)16-19-17(20-23-16)18(22-14-4-2)10-6-5-7-11-18/h15H,3-14H2,1-2H3/t15-/m0/s1. The number of nitrogens with zero attached hydrogens (tertiary/aromatic N) is 3. The van der Waals surface area contributed by atoms with Gasteiger partial charge in [0.1, 0.15) is 5.60 Å². The molecule has 0 unspecified atom stereocenters. The molecule has 0 bridgehead atoms. The average molecular weight is 321 g/mol. The van der Waals surface area contributed by atoms with E-state index < -0.39 is 0 Å². The van der Waals surface area contributed by atoms with Gasteiger partial charge in [0.2, 0.25) is 11.7 Å². The van der Waals surface area contributed by atoms with Crippen LogP contribution in [0.3, 0.4) is 0 Å². The molecule has 1 aromatic heterocycles. The zero-order chi connectivity index (χ0) is 16.1. The van der Waals surface area contributed by atoms with Crippen LogP contribution in [0.25, 0.3) is 0 Å². The number of rotatable bonds is 7. The van der Waals surface area contributed by atoms with E-state index in [0.29, 0.717) is 6.04 Å². The maximum Gasteiger partial charge on any atom is 0.244 e. The molecule has 23 heavy (non-hydrogen) atoms. The molecule has 1 aliphatic carbocycles. The molecule has 0 spiro atoms. The molecule has 0 N–H and O–H groups in total. The summed E-state index contributed by atoms with van der Waals surface area (Å²) < 4.78 is 12.0. The molecule has 0 aromatic carbocycles. The van der Waals surface area contributed by atoms with Crippen LogP contribution >= 0.6 is 0 Å². The Bertz CT molecular complexity index is 482. The van der Waals surface area contributed by atoms with Crippen molar-refractivity contribution in [2.24, 2.45) is 0 Å². The second-order valence-electron chi connectivity index (χ2n) is 7.05. The highest BCUT2D eigenvalue weighted by Gasteiger charge is 2.40. The quantitative estimate of drug-likeness (QED) is 0.753. The number of aromatic nitrogens is 2. The van der Waals surface area contributed by atoms with E-state index in [1.807, 2.05) is 0 Å². The Morgan fingerprint density at radius 1 is 1.17 bits per heavy atom. The summed E-state index contributed by atoms with van der Waals surface area (Å²) in [6.07, 6.45) is 10.3. The lowest BCUT2D eigenvalue weighted by molar-refractivity contribution is -0.0829. The molecule has 3 rings (SSSR count). The molecule has 1 saturated carbocycles. The van der Waals surface area contributed by atoms with Gasteiger partial charge in [-0.25, -0.2) is 0 Å². The van der Waals surface area contributed by atoms with E-state index in [-0.39, 0.29) is 5.60 Å². The molecule has 130 valence electrons. The van der Waals surface area contributed by atoms with Gasteiger partial charge in [-0.1, -0.05) is 38.3 Å². The minimum absolute atomic E-state index is 0.301. The Labute approximate surface area is 139 Å². The molecule has 5 nitrogen and oxygen atoms in total. The summed E-state index contributed by atoms with van der Waals surface area (Å²) in [5.74, 6) is 1.60. The number of hydrogen-bond donors (Lipinski definition) is 0. The summed E-state index contributed by atoms with van der Waals surface area (Å²) in [4.78, 5) is 7.31. The predicted molar refractivity (Wildman–Crippen MR) is 89.1 cm³/mol. The Kier molecular flexibility index (Phi) is 5.70. The summed E-state index contributed by atoms with van der Waals surface area (Å²) in [6.45, 7) is 7.41. The maximum atomic E-state index is 6.26. The lowest BCUT2D eigenvalue weighted by atomic mass is 9.84. The summed E-state index contributed by atoms with van der Waals surface area (Å²) >= 11 is 0. The minimum Gasteiger partial charge on any atom is -0.367 e. The molecule has 0 amide bonds.